The third-order valence-corrected chi connectivity index (χ3v) is 5.05. The number of guanidine groups is 1. The van der Waals surface area contributed by atoms with E-state index in [1.807, 2.05) is 39.8 Å². The molecule has 0 aromatic heterocycles. The molecule has 0 saturated carbocycles. The molecule has 0 aromatic rings. The lowest BCUT2D eigenvalue weighted by atomic mass is 10.2. The van der Waals surface area contributed by atoms with Crippen LogP contribution in [0, 0.1) is 0 Å². The van der Waals surface area contributed by atoms with Gasteiger partial charge in [0.2, 0.25) is 11.8 Å². The van der Waals surface area contributed by atoms with Gasteiger partial charge in [-0.3, -0.25) is 19.5 Å². The molecule has 1 aliphatic heterocycles. The lowest BCUT2D eigenvalue weighted by Crippen LogP contribution is -2.43. The number of carbonyl (C=O) groups excluding carboxylic acids is 2. The largest absolute Gasteiger partial charge is 0.357 e. The van der Waals surface area contributed by atoms with Gasteiger partial charge < -0.3 is 20.4 Å². The Morgan fingerprint density at radius 1 is 1.14 bits per heavy atom. The fourth-order valence-corrected chi connectivity index (χ4v) is 3.50. The minimum atomic E-state index is 0. The summed E-state index contributed by atoms with van der Waals surface area (Å²) in [5.41, 5.74) is 0. The van der Waals surface area contributed by atoms with Crippen LogP contribution < -0.4 is 10.6 Å². The van der Waals surface area contributed by atoms with Gasteiger partial charge in [0.15, 0.2) is 5.96 Å². The van der Waals surface area contributed by atoms with Crippen molar-refractivity contribution in [3.8, 4) is 0 Å². The van der Waals surface area contributed by atoms with E-state index in [0.29, 0.717) is 19.5 Å². The number of aliphatic imine (C=N–C) groups is 1. The summed E-state index contributed by atoms with van der Waals surface area (Å²) in [5, 5.41) is 6.47. The van der Waals surface area contributed by atoms with E-state index in [0.717, 1.165) is 57.9 Å². The summed E-state index contributed by atoms with van der Waals surface area (Å²) in [6, 6.07) is 0.0245. The number of hydrogen-bond donors (Lipinski definition) is 2. The first kappa shape index (κ1) is 27.9. The lowest BCUT2D eigenvalue weighted by molar-refractivity contribution is -0.133. The van der Waals surface area contributed by atoms with Crippen molar-refractivity contribution in [2.24, 2.45) is 4.99 Å². The molecule has 1 aliphatic rings. The quantitative estimate of drug-likeness (QED) is 0.185. The Kier molecular flexibility index (Phi) is 15.1. The Labute approximate surface area is 193 Å². The molecule has 0 radical (unpaired) electrons. The Morgan fingerprint density at radius 3 is 2.41 bits per heavy atom. The zero-order chi connectivity index (χ0) is 20.9. The maximum absolute atomic E-state index is 12.3. The van der Waals surface area contributed by atoms with Gasteiger partial charge in [0.25, 0.3) is 0 Å². The standard InChI is InChI=1S/C20H40N6O2.HI/c1-6-21-20(23-14-12-18(27)25(7-2)8-3)22-13-10-16-26-15-9-11-17(26)19(28)24(4)5;/h17H,6-16H2,1-5H3,(H2,21,22,23);1H. The van der Waals surface area contributed by atoms with Crippen LogP contribution in [0.15, 0.2) is 4.99 Å². The Bertz CT molecular complexity index is 511. The van der Waals surface area contributed by atoms with E-state index in [1.165, 1.54) is 0 Å². The zero-order valence-corrected chi connectivity index (χ0v) is 21.2. The van der Waals surface area contributed by atoms with Gasteiger partial charge in [0, 0.05) is 59.8 Å². The molecule has 170 valence electrons. The van der Waals surface area contributed by atoms with E-state index in [1.54, 1.807) is 4.90 Å². The van der Waals surface area contributed by atoms with Crippen LogP contribution in [0.4, 0.5) is 0 Å². The summed E-state index contributed by atoms with van der Waals surface area (Å²) < 4.78 is 0. The molecule has 1 rings (SSSR count). The highest BCUT2D eigenvalue weighted by atomic mass is 127. The van der Waals surface area contributed by atoms with Crippen molar-refractivity contribution < 1.29 is 9.59 Å². The van der Waals surface area contributed by atoms with Gasteiger partial charge in [-0.05, 0) is 46.6 Å². The first-order chi connectivity index (χ1) is 13.4. The van der Waals surface area contributed by atoms with E-state index in [4.69, 9.17) is 0 Å². The average Bonchev–Trinajstić information content (AvgIpc) is 3.13. The van der Waals surface area contributed by atoms with Crippen molar-refractivity contribution in [3.63, 3.8) is 0 Å². The summed E-state index contributed by atoms with van der Waals surface area (Å²) >= 11 is 0. The van der Waals surface area contributed by atoms with Crippen LogP contribution in [0.3, 0.4) is 0 Å². The van der Waals surface area contributed by atoms with Gasteiger partial charge in [-0.25, -0.2) is 0 Å². The highest BCUT2D eigenvalue weighted by molar-refractivity contribution is 14.0. The maximum Gasteiger partial charge on any atom is 0.239 e. The molecule has 1 unspecified atom stereocenters. The number of rotatable bonds is 11. The summed E-state index contributed by atoms with van der Waals surface area (Å²) in [7, 11) is 3.64. The summed E-state index contributed by atoms with van der Waals surface area (Å²) in [5.74, 6) is 1.12. The lowest BCUT2D eigenvalue weighted by Gasteiger charge is -2.25. The Hall–Kier alpha value is -1.10. The Balaban J connectivity index is 0.00000784. The molecule has 0 bridgehead atoms. The van der Waals surface area contributed by atoms with Crippen LogP contribution >= 0.6 is 24.0 Å². The predicted octanol–water partition coefficient (Wildman–Crippen LogP) is 1.36. The van der Waals surface area contributed by atoms with Crippen LogP contribution in [-0.2, 0) is 9.59 Å². The van der Waals surface area contributed by atoms with Crippen molar-refractivity contribution in [2.75, 3.05) is 59.9 Å². The molecule has 0 spiro atoms. The molecule has 8 nitrogen and oxygen atoms in total. The number of carbonyl (C=O) groups is 2. The summed E-state index contributed by atoms with van der Waals surface area (Å²) in [6.45, 7) is 11.4. The zero-order valence-electron chi connectivity index (χ0n) is 18.9. The monoisotopic (exact) mass is 524 g/mol. The number of nitrogens with zero attached hydrogens (tertiary/aromatic N) is 4. The van der Waals surface area contributed by atoms with E-state index in [9.17, 15) is 9.59 Å². The molecule has 2 N–H and O–H groups in total. The number of amides is 2. The second-order valence-corrected chi connectivity index (χ2v) is 7.28. The highest BCUT2D eigenvalue weighted by Crippen LogP contribution is 2.18. The molecule has 0 aliphatic carbocycles. The van der Waals surface area contributed by atoms with Gasteiger partial charge in [0.05, 0.1) is 6.04 Å². The fourth-order valence-electron chi connectivity index (χ4n) is 3.50. The number of halogens is 1. The maximum atomic E-state index is 12.3. The van der Waals surface area contributed by atoms with Gasteiger partial charge in [-0.2, -0.15) is 0 Å². The number of likely N-dealkylation sites (N-methyl/N-ethyl adjacent to an activating group) is 1. The minimum absolute atomic E-state index is 0. The summed E-state index contributed by atoms with van der Waals surface area (Å²) in [4.78, 5) is 34.7. The highest BCUT2D eigenvalue weighted by Gasteiger charge is 2.30. The van der Waals surface area contributed by atoms with Crippen LogP contribution in [0.5, 0.6) is 0 Å². The van der Waals surface area contributed by atoms with Gasteiger partial charge in [-0.15, -0.1) is 24.0 Å². The minimum Gasteiger partial charge on any atom is -0.357 e. The van der Waals surface area contributed by atoms with Crippen LogP contribution in [0.1, 0.15) is 46.5 Å². The molecule has 1 heterocycles. The van der Waals surface area contributed by atoms with Crippen molar-refractivity contribution in [1.82, 2.24) is 25.3 Å². The molecular formula is C20H41IN6O2. The molecule has 1 fully saturated rings. The van der Waals surface area contributed by atoms with Crippen molar-refractivity contribution in [3.05, 3.63) is 0 Å². The molecule has 29 heavy (non-hydrogen) atoms. The van der Waals surface area contributed by atoms with Crippen molar-refractivity contribution in [2.45, 2.75) is 52.5 Å². The first-order valence-electron chi connectivity index (χ1n) is 10.7. The third kappa shape index (κ3) is 9.97. The van der Waals surface area contributed by atoms with Gasteiger partial charge in [-0.1, -0.05) is 0 Å². The van der Waals surface area contributed by atoms with Gasteiger partial charge in [0.1, 0.15) is 0 Å². The summed E-state index contributed by atoms with van der Waals surface area (Å²) in [6.07, 6.45) is 3.41. The molecular weight excluding hydrogens is 483 g/mol. The Morgan fingerprint density at radius 2 is 1.83 bits per heavy atom. The SMILES string of the molecule is CCNC(=NCCCN1CCCC1C(=O)N(C)C)NCCC(=O)N(CC)CC.I. The number of nitrogens with one attached hydrogen (secondary N) is 2. The van der Waals surface area contributed by atoms with Gasteiger partial charge >= 0.3 is 0 Å². The topological polar surface area (TPSA) is 80.3 Å². The van der Waals surface area contributed by atoms with E-state index >= 15 is 0 Å². The van der Waals surface area contributed by atoms with E-state index in [-0.39, 0.29) is 41.8 Å². The smallest absolute Gasteiger partial charge is 0.239 e. The predicted molar refractivity (Wildman–Crippen MR) is 130 cm³/mol. The average molecular weight is 524 g/mol. The third-order valence-electron chi connectivity index (χ3n) is 5.05. The number of hydrogen-bond acceptors (Lipinski definition) is 4. The first-order valence-corrected chi connectivity index (χ1v) is 10.7. The molecule has 2 amide bonds. The number of likely N-dealkylation sites (tertiary alicyclic amines) is 1. The van der Waals surface area contributed by atoms with Crippen LogP contribution in [-0.4, -0.2) is 98.4 Å². The van der Waals surface area contributed by atoms with Crippen LogP contribution in [0.25, 0.3) is 0 Å². The molecule has 1 saturated heterocycles. The fraction of sp³-hybridized carbons (Fsp3) is 0.850. The molecule has 0 aromatic carbocycles. The molecule has 1 atom stereocenters. The van der Waals surface area contributed by atoms with E-state index < -0.39 is 0 Å². The second kappa shape index (κ2) is 15.7. The molecule has 9 heteroatoms. The normalized spacial score (nSPS) is 16.9. The van der Waals surface area contributed by atoms with Crippen LogP contribution in [0.2, 0.25) is 0 Å². The van der Waals surface area contributed by atoms with Crippen molar-refractivity contribution in [1.29, 1.82) is 0 Å². The van der Waals surface area contributed by atoms with E-state index in [2.05, 4.69) is 20.5 Å². The second-order valence-electron chi connectivity index (χ2n) is 7.28. The van der Waals surface area contributed by atoms with Crippen molar-refractivity contribution >= 4 is 41.8 Å².